The number of benzene rings is 2. The van der Waals surface area contributed by atoms with Crippen LogP contribution in [-0.2, 0) is 0 Å². The molecule has 0 amide bonds. The summed E-state index contributed by atoms with van der Waals surface area (Å²) in [4.78, 5) is 20.3. The van der Waals surface area contributed by atoms with Crippen molar-refractivity contribution in [2.24, 2.45) is 0 Å². The molecule has 3 aromatic rings. The van der Waals surface area contributed by atoms with E-state index in [0.717, 1.165) is 5.56 Å². The summed E-state index contributed by atoms with van der Waals surface area (Å²) in [7, 11) is 0. The molecule has 24 heavy (non-hydrogen) atoms. The van der Waals surface area contributed by atoms with Crippen molar-refractivity contribution in [1.29, 1.82) is 0 Å². The van der Waals surface area contributed by atoms with Crippen molar-refractivity contribution in [1.82, 2.24) is 9.97 Å². The minimum atomic E-state index is -1.09. The van der Waals surface area contributed by atoms with Gasteiger partial charge >= 0.3 is 5.97 Å². The lowest BCUT2D eigenvalue weighted by atomic mass is 10.1. The van der Waals surface area contributed by atoms with Gasteiger partial charge in [0.2, 0.25) is 0 Å². The van der Waals surface area contributed by atoms with Crippen molar-refractivity contribution >= 4 is 16.9 Å². The highest BCUT2D eigenvalue weighted by atomic mass is 16.5. The third kappa shape index (κ3) is 3.04. The Hall–Kier alpha value is -2.99. The van der Waals surface area contributed by atoms with Crippen LogP contribution in [0.2, 0.25) is 0 Å². The third-order valence-electron chi connectivity index (χ3n) is 3.60. The van der Waals surface area contributed by atoms with Gasteiger partial charge in [-0.25, -0.2) is 14.8 Å². The first kappa shape index (κ1) is 15.9. The molecule has 1 heterocycles. The summed E-state index contributed by atoms with van der Waals surface area (Å²) < 4.78 is 5.31. The van der Waals surface area contributed by atoms with Gasteiger partial charge in [0, 0.05) is 10.9 Å². The molecule has 6 heteroatoms. The number of nitrogens with zero attached hydrogens (tertiary/aromatic N) is 2. The molecule has 3 rings (SSSR count). The molecule has 122 valence electrons. The molecule has 0 radical (unpaired) electrons. The zero-order valence-electron chi connectivity index (χ0n) is 13.1. The predicted octanol–water partition coefficient (Wildman–Crippen LogP) is 2.67. The number of carboxylic acid groups (broad SMARTS) is 1. The van der Waals surface area contributed by atoms with Gasteiger partial charge in [0.15, 0.2) is 11.5 Å². The fraction of sp³-hybridized carbons (Fsp3) is 0.167. The van der Waals surface area contributed by atoms with Crippen molar-refractivity contribution in [3.63, 3.8) is 0 Å². The summed E-state index contributed by atoms with van der Waals surface area (Å²) in [5.41, 5.74) is 2.19. The minimum absolute atomic E-state index is 0.0145. The van der Waals surface area contributed by atoms with Gasteiger partial charge in [-0.3, -0.25) is 0 Å². The van der Waals surface area contributed by atoms with Gasteiger partial charge in [-0.15, -0.1) is 0 Å². The van der Waals surface area contributed by atoms with Crippen molar-refractivity contribution in [2.75, 3.05) is 13.2 Å². The van der Waals surface area contributed by atoms with Crippen LogP contribution in [0.5, 0.6) is 5.75 Å². The number of aryl methyl sites for hydroxylation is 1. The van der Waals surface area contributed by atoms with Gasteiger partial charge in [0.25, 0.3) is 0 Å². The molecule has 0 aliphatic carbocycles. The van der Waals surface area contributed by atoms with E-state index in [2.05, 4.69) is 9.97 Å². The molecule has 0 aliphatic heterocycles. The summed E-state index contributed by atoms with van der Waals surface area (Å²) in [6, 6.07) is 12.4. The standard InChI is InChI=1S/C18H16N2O4/c1-11-3-2-4-14-15(11)19-17(20-16(14)18(22)23)12-5-7-13(8-6-12)24-10-9-21/h2-8,21H,9-10H2,1H3,(H,22,23). The largest absolute Gasteiger partial charge is 0.491 e. The molecule has 1 aromatic heterocycles. The molecule has 0 saturated carbocycles. The van der Waals surface area contributed by atoms with Gasteiger partial charge in [0.1, 0.15) is 12.4 Å². The Labute approximate surface area is 138 Å². The van der Waals surface area contributed by atoms with Crippen molar-refractivity contribution < 1.29 is 19.7 Å². The lowest BCUT2D eigenvalue weighted by molar-refractivity contribution is 0.0693. The first-order valence-corrected chi connectivity index (χ1v) is 7.45. The Kier molecular flexibility index (Phi) is 4.39. The predicted molar refractivity (Wildman–Crippen MR) is 89.3 cm³/mol. The Morgan fingerprint density at radius 1 is 1.12 bits per heavy atom. The molecule has 0 unspecified atom stereocenters. The zero-order valence-corrected chi connectivity index (χ0v) is 13.1. The summed E-state index contributed by atoms with van der Waals surface area (Å²) in [5.74, 6) is -0.122. The number of fused-ring (bicyclic) bond motifs is 1. The normalized spacial score (nSPS) is 10.8. The van der Waals surface area contributed by atoms with Crippen LogP contribution in [0.4, 0.5) is 0 Å². The van der Waals surface area contributed by atoms with E-state index in [1.807, 2.05) is 13.0 Å². The highest BCUT2D eigenvalue weighted by molar-refractivity contribution is 6.02. The number of aliphatic hydroxyl groups excluding tert-OH is 1. The van der Waals surface area contributed by atoms with Crippen LogP contribution in [0.15, 0.2) is 42.5 Å². The summed E-state index contributed by atoms with van der Waals surface area (Å²) in [6.45, 7) is 2.04. The Balaban J connectivity index is 2.09. The van der Waals surface area contributed by atoms with E-state index >= 15 is 0 Å². The number of aliphatic hydroxyl groups is 1. The number of carboxylic acids is 1. The zero-order chi connectivity index (χ0) is 17.1. The Morgan fingerprint density at radius 2 is 1.88 bits per heavy atom. The second-order valence-corrected chi connectivity index (χ2v) is 5.27. The van der Waals surface area contributed by atoms with Gasteiger partial charge in [-0.05, 0) is 36.8 Å². The lowest BCUT2D eigenvalue weighted by Gasteiger charge is -2.09. The van der Waals surface area contributed by atoms with E-state index in [1.54, 1.807) is 36.4 Å². The van der Waals surface area contributed by atoms with Crippen LogP contribution >= 0.6 is 0 Å². The molecular formula is C18H16N2O4. The molecule has 0 spiro atoms. The quantitative estimate of drug-likeness (QED) is 0.749. The molecule has 2 N–H and O–H groups in total. The summed E-state index contributed by atoms with van der Waals surface area (Å²) >= 11 is 0. The molecule has 0 fully saturated rings. The molecule has 2 aromatic carbocycles. The maximum absolute atomic E-state index is 11.5. The van der Waals surface area contributed by atoms with Crippen molar-refractivity contribution in [3.8, 4) is 17.1 Å². The van der Waals surface area contributed by atoms with E-state index in [0.29, 0.717) is 28.0 Å². The van der Waals surface area contributed by atoms with E-state index in [1.165, 1.54) is 0 Å². The average Bonchev–Trinajstić information content (AvgIpc) is 2.60. The van der Waals surface area contributed by atoms with E-state index in [4.69, 9.17) is 9.84 Å². The number of hydrogen-bond donors (Lipinski definition) is 2. The molecule has 0 saturated heterocycles. The second-order valence-electron chi connectivity index (χ2n) is 5.27. The van der Waals surface area contributed by atoms with Crippen LogP contribution < -0.4 is 4.74 Å². The SMILES string of the molecule is Cc1cccc2c(C(=O)O)nc(-c3ccc(OCCO)cc3)nc12. The Morgan fingerprint density at radius 3 is 2.54 bits per heavy atom. The van der Waals surface area contributed by atoms with Crippen LogP contribution in [-0.4, -0.2) is 39.4 Å². The smallest absolute Gasteiger partial charge is 0.355 e. The highest BCUT2D eigenvalue weighted by Crippen LogP contribution is 2.25. The van der Waals surface area contributed by atoms with E-state index < -0.39 is 5.97 Å². The van der Waals surface area contributed by atoms with E-state index in [9.17, 15) is 9.90 Å². The second kappa shape index (κ2) is 6.64. The summed E-state index contributed by atoms with van der Waals surface area (Å²) in [6.07, 6.45) is 0. The lowest BCUT2D eigenvalue weighted by Crippen LogP contribution is -2.05. The van der Waals surface area contributed by atoms with Gasteiger partial charge in [-0.1, -0.05) is 18.2 Å². The maximum Gasteiger partial charge on any atom is 0.355 e. The number of rotatable bonds is 5. The van der Waals surface area contributed by atoms with Crippen molar-refractivity contribution in [3.05, 3.63) is 53.7 Å². The molecule has 0 atom stereocenters. The number of carbonyl (C=O) groups is 1. The molecule has 0 bridgehead atoms. The Bertz CT molecular complexity index is 891. The monoisotopic (exact) mass is 324 g/mol. The third-order valence-corrected chi connectivity index (χ3v) is 3.60. The number of ether oxygens (including phenoxy) is 1. The van der Waals surface area contributed by atoms with Gasteiger partial charge in [-0.2, -0.15) is 0 Å². The maximum atomic E-state index is 11.5. The minimum Gasteiger partial charge on any atom is -0.491 e. The number of para-hydroxylation sites is 1. The molecular weight excluding hydrogens is 308 g/mol. The van der Waals surface area contributed by atoms with Crippen molar-refractivity contribution in [2.45, 2.75) is 6.92 Å². The molecule has 0 aliphatic rings. The number of aromatic nitrogens is 2. The first-order valence-electron chi connectivity index (χ1n) is 7.45. The van der Waals surface area contributed by atoms with Crippen LogP contribution in [0.1, 0.15) is 16.1 Å². The average molecular weight is 324 g/mol. The number of hydrogen-bond acceptors (Lipinski definition) is 5. The highest BCUT2D eigenvalue weighted by Gasteiger charge is 2.15. The van der Waals surface area contributed by atoms with E-state index in [-0.39, 0.29) is 18.9 Å². The topological polar surface area (TPSA) is 92.5 Å². The van der Waals surface area contributed by atoms with Crippen LogP contribution in [0, 0.1) is 6.92 Å². The fourth-order valence-corrected chi connectivity index (χ4v) is 2.45. The van der Waals surface area contributed by atoms with Crippen LogP contribution in [0.25, 0.3) is 22.3 Å². The summed E-state index contributed by atoms with van der Waals surface area (Å²) in [5, 5.41) is 18.7. The fourth-order valence-electron chi connectivity index (χ4n) is 2.45. The van der Waals surface area contributed by atoms with Crippen LogP contribution in [0.3, 0.4) is 0 Å². The first-order chi connectivity index (χ1) is 11.6. The van der Waals surface area contributed by atoms with Gasteiger partial charge < -0.3 is 14.9 Å². The number of aromatic carboxylic acids is 1. The van der Waals surface area contributed by atoms with Gasteiger partial charge in [0.05, 0.1) is 12.1 Å². The molecule has 6 nitrogen and oxygen atoms in total.